The Balaban J connectivity index is 1.43. The second kappa shape index (κ2) is 5.87. The monoisotopic (exact) mass is 252 g/mol. The number of likely N-dealkylation sites (tertiary alicyclic amines) is 2. The largest absolute Gasteiger partial charge is 0.314 e. The van der Waals surface area contributed by atoms with Crippen LogP contribution in [0, 0.1) is 0 Å². The quantitative estimate of drug-likeness (QED) is 0.750. The first kappa shape index (κ1) is 12.9. The Labute approximate surface area is 111 Å². The fourth-order valence-electron chi connectivity index (χ4n) is 3.65. The minimum atomic E-state index is 0.855. The normalized spacial score (nSPS) is 34.2. The first-order chi connectivity index (χ1) is 8.83. The van der Waals surface area contributed by atoms with Gasteiger partial charge in [-0.3, -0.25) is 9.80 Å². The minimum absolute atomic E-state index is 0.855. The van der Waals surface area contributed by atoms with E-state index in [4.69, 9.17) is 0 Å². The van der Waals surface area contributed by atoms with E-state index in [0.29, 0.717) is 0 Å². The van der Waals surface area contributed by atoms with E-state index in [0.717, 1.165) is 12.1 Å². The second-order valence-electron chi connectivity index (χ2n) is 6.28. The molecule has 0 bridgehead atoms. The number of nitrogens with zero attached hydrogens (tertiary/aromatic N) is 3. The lowest BCUT2D eigenvalue weighted by Gasteiger charge is -2.50. The second-order valence-corrected chi connectivity index (χ2v) is 6.28. The van der Waals surface area contributed by atoms with Crippen LogP contribution in [-0.2, 0) is 0 Å². The van der Waals surface area contributed by atoms with Gasteiger partial charge in [0, 0.05) is 51.4 Å². The first-order valence-electron chi connectivity index (χ1n) is 7.70. The van der Waals surface area contributed by atoms with Gasteiger partial charge in [-0.05, 0) is 39.4 Å². The van der Waals surface area contributed by atoms with E-state index in [-0.39, 0.29) is 0 Å². The molecule has 0 aromatic rings. The summed E-state index contributed by atoms with van der Waals surface area (Å²) in [6.07, 6.45) is 4.18. The van der Waals surface area contributed by atoms with Gasteiger partial charge in [0.15, 0.2) is 0 Å². The van der Waals surface area contributed by atoms with Crippen molar-refractivity contribution in [3.8, 4) is 0 Å². The highest BCUT2D eigenvalue weighted by atomic mass is 15.3. The zero-order chi connectivity index (χ0) is 12.4. The van der Waals surface area contributed by atoms with Crippen molar-refractivity contribution >= 4 is 0 Å². The van der Waals surface area contributed by atoms with Crippen molar-refractivity contribution in [1.29, 1.82) is 0 Å². The van der Waals surface area contributed by atoms with E-state index >= 15 is 0 Å². The molecule has 4 nitrogen and oxygen atoms in total. The lowest BCUT2D eigenvalue weighted by molar-refractivity contribution is -0.00402. The molecule has 104 valence electrons. The third-order valence-corrected chi connectivity index (χ3v) is 5.00. The van der Waals surface area contributed by atoms with Crippen LogP contribution in [0.4, 0.5) is 0 Å². The van der Waals surface area contributed by atoms with E-state index in [1.807, 2.05) is 0 Å². The van der Waals surface area contributed by atoms with E-state index in [1.165, 1.54) is 71.6 Å². The van der Waals surface area contributed by atoms with E-state index in [9.17, 15) is 0 Å². The SMILES string of the molecule is CN1CCCC(N2CC(N3CCNCC3)C2)CC1. The molecule has 3 fully saturated rings. The molecule has 1 N–H and O–H groups in total. The molecule has 1 atom stereocenters. The molecule has 3 saturated heterocycles. The molecule has 0 saturated carbocycles. The molecular weight excluding hydrogens is 224 g/mol. The van der Waals surface area contributed by atoms with Crippen molar-refractivity contribution in [2.45, 2.75) is 31.3 Å². The molecule has 18 heavy (non-hydrogen) atoms. The summed E-state index contributed by atoms with van der Waals surface area (Å²) in [6, 6.07) is 1.72. The Bertz CT molecular complexity index is 259. The van der Waals surface area contributed by atoms with Crippen molar-refractivity contribution in [1.82, 2.24) is 20.0 Å². The van der Waals surface area contributed by atoms with E-state index < -0.39 is 0 Å². The van der Waals surface area contributed by atoms with Gasteiger partial charge in [0.25, 0.3) is 0 Å². The molecule has 3 rings (SSSR count). The summed E-state index contributed by atoms with van der Waals surface area (Å²) in [7, 11) is 2.27. The van der Waals surface area contributed by atoms with Gasteiger partial charge in [-0.1, -0.05) is 0 Å². The fraction of sp³-hybridized carbons (Fsp3) is 1.00. The number of rotatable bonds is 2. The maximum atomic E-state index is 3.44. The standard InChI is InChI=1S/C14H28N4/c1-16-7-2-3-13(4-8-16)18-11-14(12-18)17-9-5-15-6-10-17/h13-15H,2-12H2,1H3. The molecule has 0 amide bonds. The van der Waals surface area contributed by atoms with Crippen molar-refractivity contribution in [2.75, 3.05) is 59.4 Å². The summed E-state index contributed by atoms with van der Waals surface area (Å²) in [5.41, 5.74) is 0. The maximum absolute atomic E-state index is 3.44. The van der Waals surface area contributed by atoms with Crippen LogP contribution in [-0.4, -0.2) is 86.2 Å². The summed E-state index contributed by atoms with van der Waals surface area (Å²) < 4.78 is 0. The van der Waals surface area contributed by atoms with Gasteiger partial charge in [-0.15, -0.1) is 0 Å². The van der Waals surface area contributed by atoms with Gasteiger partial charge in [0.1, 0.15) is 0 Å². The number of nitrogens with one attached hydrogen (secondary N) is 1. The molecule has 0 aliphatic carbocycles. The zero-order valence-electron chi connectivity index (χ0n) is 11.8. The summed E-state index contributed by atoms with van der Waals surface area (Å²) in [5.74, 6) is 0. The van der Waals surface area contributed by atoms with Gasteiger partial charge in [0.2, 0.25) is 0 Å². The van der Waals surface area contributed by atoms with Crippen LogP contribution >= 0.6 is 0 Å². The van der Waals surface area contributed by atoms with Gasteiger partial charge in [-0.2, -0.15) is 0 Å². The fourth-order valence-corrected chi connectivity index (χ4v) is 3.65. The van der Waals surface area contributed by atoms with Crippen LogP contribution < -0.4 is 5.32 Å². The average molecular weight is 252 g/mol. The zero-order valence-corrected chi connectivity index (χ0v) is 11.8. The lowest BCUT2D eigenvalue weighted by atomic mass is 9.98. The van der Waals surface area contributed by atoms with Crippen molar-refractivity contribution < 1.29 is 0 Å². The van der Waals surface area contributed by atoms with Crippen molar-refractivity contribution in [3.05, 3.63) is 0 Å². The number of hydrogen-bond donors (Lipinski definition) is 1. The molecule has 1 unspecified atom stereocenters. The predicted octanol–water partition coefficient (Wildman–Crippen LogP) is 0.0601. The highest BCUT2D eigenvalue weighted by Gasteiger charge is 2.36. The average Bonchev–Trinajstić information content (AvgIpc) is 2.54. The van der Waals surface area contributed by atoms with Crippen LogP contribution in [0.25, 0.3) is 0 Å². The third kappa shape index (κ3) is 2.87. The minimum Gasteiger partial charge on any atom is -0.314 e. The van der Waals surface area contributed by atoms with Crippen molar-refractivity contribution in [3.63, 3.8) is 0 Å². The molecule has 3 heterocycles. The third-order valence-electron chi connectivity index (χ3n) is 5.00. The molecule has 0 spiro atoms. The highest BCUT2D eigenvalue weighted by molar-refractivity contribution is 4.93. The molecule has 3 aliphatic heterocycles. The Hall–Kier alpha value is -0.160. The molecule has 0 aromatic heterocycles. The Kier molecular flexibility index (Phi) is 4.19. The Morgan fingerprint density at radius 3 is 2.39 bits per heavy atom. The topological polar surface area (TPSA) is 21.8 Å². The van der Waals surface area contributed by atoms with Crippen molar-refractivity contribution in [2.24, 2.45) is 0 Å². The number of piperazine rings is 1. The molecule has 3 aliphatic rings. The number of hydrogen-bond acceptors (Lipinski definition) is 4. The molecule has 4 heteroatoms. The van der Waals surface area contributed by atoms with Gasteiger partial charge < -0.3 is 10.2 Å². The van der Waals surface area contributed by atoms with E-state index in [2.05, 4.69) is 27.1 Å². The maximum Gasteiger partial charge on any atom is 0.0351 e. The van der Waals surface area contributed by atoms with E-state index in [1.54, 1.807) is 0 Å². The lowest BCUT2D eigenvalue weighted by Crippen LogP contribution is -2.64. The summed E-state index contributed by atoms with van der Waals surface area (Å²) in [4.78, 5) is 7.93. The van der Waals surface area contributed by atoms with Crippen LogP contribution in [0.2, 0.25) is 0 Å². The Morgan fingerprint density at radius 1 is 0.833 bits per heavy atom. The molecule has 0 radical (unpaired) electrons. The Morgan fingerprint density at radius 2 is 1.61 bits per heavy atom. The predicted molar refractivity (Wildman–Crippen MR) is 74.9 cm³/mol. The molecule has 0 aromatic carbocycles. The van der Waals surface area contributed by atoms with Gasteiger partial charge in [-0.25, -0.2) is 0 Å². The molecular formula is C14H28N4. The van der Waals surface area contributed by atoms with Crippen LogP contribution in [0.5, 0.6) is 0 Å². The van der Waals surface area contributed by atoms with Gasteiger partial charge >= 0.3 is 0 Å². The summed E-state index contributed by atoms with van der Waals surface area (Å²) in [6.45, 7) is 10.1. The van der Waals surface area contributed by atoms with Gasteiger partial charge in [0.05, 0.1) is 0 Å². The smallest absolute Gasteiger partial charge is 0.0351 e. The van der Waals surface area contributed by atoms with Crippen LogP contribution in [0.3, 0.4) is 0 Å². The van der Waals surface area contributed by atoms with Crippen LogP contribution in [0.1, 0.15) is 19.3 Å². The summed E-state index contributed by atoms with van der Waals surface area (Å²) >= 11 is 0. The van der Waals surface area contributed by atoms with Crippen LogP contribution in [0.15, 0.2) is 0 Å². The first-order valence-corrected chi connectivity index (χ1v) is 7.70. The highest BCUT2D eigenvalue weighted by Crippen LogP contribution is 2.24. The summed E-state index contributed by atoms with van der Waals surface area (Å²) in [5, 5.41) is 3.44.